The van der Waals surface area contributed by atoms with E-state index in [1.807, 2.05) is 32.0 Å². The monoisotopic (exact) mass is 419 g/mol. The molecule has 0 unspecified atom stereocenters. The van der Waals surface area contributed by atoms with Crippen molar-refractivity contribution in [1.29, 1.82) is 0 Å². The number of rotatable bonds is 7. The first-order valence-electron chi connectivity index (χ1n) is 9.08. The summed E-state index contributed by atoms with van der Waals surface area (Å²) in [5.41, 5.74) is 2.71. The lowest BCUT2D eigenvalue weighted by atomic mass is 10.1. The highest BCUT2D eigenvalue weighted by Gasteiger charge is 2.33. The van der Waals surface area contributed by atoms with Crippen LogP contribution in [0.1, 0.15) is 30.0 Å². The summed E-state index contributed by atoms with van der Waals surface area (Å²) in [6, 6.07) is 8.46. The highest BCUT2D eigenvalue weighted by Crippen LogP contribution is 2.31. The van der Waals surface area contributed by atoms with E-state index in [-0.39, 0.29) is 17.8 Å². The van der Waals surface area contributed by atoms with Gasteiger partial charge in [-0.3, -0.25) is 19.2 Å². The lowest BCUT2D eigenvalue weighted by Gasteiger charge is -2.31. The molecule has 0 heterocycles. The van der Waals surface area contributed by atoms with Crippen LogP contribution in [-0.2, 0) is 14.8 Å². The number of sulfonamides is 1. The number of para-hydroxylation sites is 1. The molecule has 0 aromatic heterocycles. The number of aryl methyl sites for hydroxylation is 3. The summed E-state index contributed by atoms with van der Waals surface area (Å²) >= 11 is 0. The molecule has 0 aliphatic heterocycles. The first-order chi connectivity index (χ1) is 13.5. The van der Waals surface area contributed by atoms with Crippen molar-refractivity contribution in [3.63, 3.8) is 0 Å². The number of nitrogens with one attached hydrogen (secondary N) is 1. The Balaban J connectivity index is 2.55. The zero-order valence-electron chi connectivity index (χ0n) is 17.1. The average Bonchev–Trinajstić information content (AvgIpc) is 2.62. The first kappa shape index (κ1) is 22.4. The number of anilines is 2. The largest absolute Gasteiger partial charge is 0.324 e. The van der Waals surface area contributed by atoms with Crippen LogP contribution >= 0.6 is 0 Å². The summed E-state index contributed by atoms with van der Waals surface area (Å²) in [4.78, 5) is 23.7. The van der Waals surface area contributed by atoms with Crippen LogP contribution in [0.15, 0.2) is 36.4 Å². The maximum Gasteiger partial charge on any atom is 0.271 e. The van der Waals surface area contributed by atoms with Gasteiger partial charge in [-0.15, -0.1) is 0 Å². The number of nitro benzene ring substituents is 1. The molecule has 1 amide bonds. The van der Waals surface area contributed by atoms with E-state index in [0.717, 1.165) is 21.7 Å². The minimum atomic E-state index is -3.90. The Morgan fingerprint density at radius 1 is 1.14 bits per heavy atom. The fourth-order valence-electron chi connectivity index (χ4n) is 3.20. The molecule has 0 saturated heterocycles. The third-order valence-electron chi connectivity index (χ3n) is 4.70. The number of carbonyl (C=O) groups excluding carboxylic acids is 1. The van der Waals surface area contributed by atoms with E-state index in [1.54, 1.807) is 13.8 Å². The summed E-state index contributed by atoms with van der Waals surface area (Å²) in [7, 11) is -3.90. The SMILES string of the molecule is CC[C@@H](C(=O)Nc1c(C)cccc1C)N(c1cc([N+](=O)[O-])ccc1C)S(C)(=O)=O. The number of amides is 1. The Bertz CT molecular complexity index is 1030. The summed E-state index contributed by atoms with van der Waals surface area (Å²) in [6.45, 7) is 7.04. The predicted molar refractivity (Wildman–Crippen MR) is 114 cm³/mol. The van der Waals surface area contributed by atoms with E-state index in [4.69, 9.17) is 0 Å². The van der Waals surface area contributed by atoms with Crippen LogP contribution in [0.5, 0.6) is 0 Å². The van der Waals surface area contributed by atoms with Gasteiger partial charge in [0.2, 0.25) is 15.9 Å². The standard InChI is InChI=1S/C20H25N3O5S/c1-6-17(20(24)21-19-14(3)8-7-9-15(19)4)22(29(5,27)28)18-12-16(23(25)26)11-10-13(18)2/h7-12,17H,6H2,1-5H3,(H,21,24)/t17-/m0/s1. The topological polar surface area (TPSA) is 110 Å². The van der Waals surface area contributed by atoms with Gasteiger partial charge in [0.05, 0.1) is 16.9 Å². The highest BCUT2D eigenvalue weighted by molar-refractivity contribution is 7.92. The highest BCUT2D eigenvalue weighted by atomic mass is 32.2. The molecule has 2 aromatic rings. The molecule has 1 atom stereocenters. The second kappa shape index (κ2) is 8.60. The van der Waals surface area contributed by atoms with E-state index in [9.17, 15) is 23.3 Å². The van der Waals surface area contributed by atoms with Gasteiger partial charge >= 0.3 is 0 Å². The molecule has 8 nitrogen and oxygen atoms in total. The number of nitrogens with zero attached hydrogens (tertiary/aromatic N) is 2. The molecule has 0 spiro atoms. The molecular weight excluding hydrogens is 394 g/mol. The molecule has 2 rings (SSSR count). The summed E-state index contributed by atoms with van der Waals surface area (Å²) in [5, 5.41) is 14.0. The van der Waals surface area contributed by atoms with Crippen LogP contribution in [0.3, 0.4) is 0 Å². The van der Waals surface area contributed by atoms with Crippen molar-refractivity contribution < 1.29 is 18.1 Å². The van der Waals surface area contributed by atoms with Gasteiger partial charge in [-0.25, -0.2) is 8.42 Å². The van der Waals surface area contributed by atoms with Gasteiger partial charge in [0.25, 0.3) is 5.69 Å². The molecule has 29 heavy (non-hydrogen) atoms. The maximum absolute atomic E-state index is 13.1. The van der Waals surface area contributed by atoms with E-state index >= 15 is 0 Å². The number of hydrogen-bond donors (Lipinski definition) is 1. The quantitative estimate of drug-likeness (QED) is 0.543. The van der Waals surface area contributed by atoms with Crippen LogP contribution in [0.2, 0.25) is 0 Å². The molecule has 0 fully saturated rings. The number of nitro groups is 1. The van der Waals surface area contributed by atoms with Gasteiger partial charge in [-0.1, -0.05) is 31.2 Å². The minimum absolute atomic E-state index is 0.116. The van der Waals surface area contributed by atoms with Crippen LogP contribution < -0.4 is 9.62 Å². The third kappa shape index (κ3) is 4.92. The van der Waals surface area contributed by atoms with Crippen LogP contribution in [0.4, 0.5) is 17.1 Å². The first-order valence-corrected chi connectivity index (χ1v) is 10.9. The molecule has 0 saturated carbocycles. The van der Waals surface area contributed by atoms with Gasteiger partial charge in [-0.05, 0) is 43.9 Å². The van der Waals surface area contributed by atoms with Gasteiger partial charge in [0.1, 0.15) is 6.04 Å². The van der Waals surface area contributed by atoms with E-state index in [0.29, 0.717) is 11.3 Å². The second-order valence-corrected chi connectivity index (χ2v) is 8.83. The van der Waals surface area contributed by atoms with Gasteiger partial charge in [0, 0.05) is 17.8 Å². The Morgan fingerprint density at radius 3 is 2.21 bits per heavy atom. The summed E-state index contributed by atoms with van der Waals surface area (Å²) < 4.78 is 26.2. The Labute approximate surface area is 170 Å². The van der Waals surface area contributed by atoms with E-state index < -0.39 is 26.9 Å². The molecule has 1 N–H and O–H groups in total. The average molecular weight is 420 g/mol. The number of non-ortho nitro benzene ring substituents is 1. The maximum atomic E-state index is 13.1. The fourth-order valence-corrected chi connectivity index (χ4v) is 4.46. The number of carbonyl (C=O) groups is 1. The molecule has 0 radical (unpaired) electrons. The summed E-state index contributed by atoms with van der Waals surface area (Å²) in [5.74, 6) is -0.499. The third-order valence-corrected chi connectivity index (χ3v) is 5.87. The van der Waals surface area contributed by atoms with Crippen LogP contribution in [0, 0.1) is 30.9 Å². The van der Waals surface area contributed by atoms with Crippen molar-refractivity contribution in [2.45, 2.75) is 40.2 Å². The van der Waals surface area contributed by atoms with Crippen molar-refractivity contribution >= 4 is 33.0 Å². The van der Waals surface area contributed by atoms with Crippen LogP contribution in [0.25, 0.3) is 0 Å². The molecular formula is C20H25N3O5S. The summed E-state index contributed by atoms with van der Waals surface area (Å²) in [6.07, 6.45) is 1.17. The Morgan fingerprint density at radius 2 is 1.72 bits per heavy atom. The zero-order valence-corrected chi connectivity index (χ0v) is 17.9. The second-order valence-electron chi connectivity index (χ2n) is 6.97. The molecule has 2 aromatic carbocycles. The van der Waals surface area contributed by atoms with Crippen LogP contribution in [-0.4, -0.2) is 31.5 Å². The fraction of sp³-hybridized carbons (Fsp3) is 0.350. The smallest absolute Gasteiger partial charge is 0.271 e. The van der Waals surface area contributed by atoms with Crippen molar-refractivity contribution in [3.8, 4) is 0 Å². The lowest BCUT2D eigenvalue weighted by Crippen LogP contribution is -2.47. The normalized spacial score (nSPS) is 12.3. The molecule has 0 bridgehead atoms. The Kier molecular flexibility index (Phi) is 6.63. The van der Waals surface area contributed by atoms with Crippen molar-refractivity contribution in [2.24, 2.45) is 0 Å². The zero-order chi connectivity index (χ0) is 21.9. The van der Waals surface area contributed by atoms with Crippen molar-refractivity contribution in [2.75, 3.05) is 15.9 Å². The Hall–Kier alpha value is -2.94. The van der Waals surface area contributed by atoms with E-state index in [1.165, 1.54) is 18.2 Å². The van der Waals surface area contributed by atoms with Gasteiger partial charge < -0.3 is 5.32 Å². The predicted octanol–water partition coefficient (Wildman–Crippen LogP) is 3.70. The number of hydrogen-bond acceptors (Lipinski definition) is 5. The lowest BCUT2D eigenvalue weighted by molar-refractivity contribution is -0.384. The minimum Gasteiger partial charge on any atom is -0.324 e. The van der Waals surface area contributed by atoms with Gasteiger partial charge in [0.15, 0.2) is 0 Å². The molecule has 9 heteroatoms. The molecule has 0 aliphatic rings. The number of benzene rings is 2. The van der Waals surface area contributed by atoms with Crippen molar-refractivity contribution in [1.82, 2.24) is 0 Å². The van der Waals surface area contributed by atoms with E-state index in [2.05, 4.69) is 5.32 Å². The molecule has 0 aliphatic carbocycles. The van der Waals surface area contributed by atoms with Crippen molar-refractivity contribution in [3.05, 3.63) is 63.2 Å². The molecule has 156 valence electrons. The van der Waals surface area contributed by atoms with Gasteiger partial charge in [-0.2, -0.15) is 0 Å².